The van der Waals surface area contributed by atoms with Gasteiger partial charge in [-0.15, -0.1) is 0 Å². The monoisotopic (exact) mass is 379 g/mol. The van der Waals surface area contributed by atoms with Crippen LogP contribution in [0.15, 0.2) is 53.2 Å². The first kappa shape index (κ1) is 20.2. The minimum atomic E-state index is -0.414. The number of esters is 1. The normalized spacial score (nSPS) is 23.7. The van der Waals surface area contributed by atoms with Crippen LogP contribution in [0.1, 0.15) is 57.6 Å². The molecule has 148 valence electrons. The summed E-state index contributed by atoms with van der Waals surface area (Å²) in [6.07, 6.45) is 3.75. The highest BCUT2D eigenvalue weighted by atomic mass is 16.5. The fraction of sp³-hybridized carbons (Fsp3) is 0.458. The molecule has 1 unspecified atom stereocenters. The van der Waals surface area contributed by atoms with Crippen LogP contribution in [-0.2, 0) is 20.7 Å². The number of Topliss-reactive ketones (excluding diaryl/α,β-unsaturated/α-hetero) is 1. The van der Waals surface area contributed by atoms with Gasteiger partial charge < -0.3 is 4.74 Å². The molecule has 1 fully saturated rings. The number of aliphatic imine (C=N–C) groups is 1. The number of allylic oxidation sites excluding steroid dienone is 1. The molecule has 0 saturated heterocycles. The summed E-state index contributed by atoms with van der Waals surface area (Å²) in [5.41, 5.74) is 4.12. The molecule has 1 saturated carbocycles. The summed E-state index contributed by atoms with van der Waals surface area (Å²) in [6.45, 7) is 11.9. The van der Waals surface area contributed by atoms with Crippen molar-refractivity contribution in [1.29, 1.82) is 0 Å². The Kier molecular flexibility index (Phi) is 5.69. The smallest absolute Gasteiger partial charge is 0.336 e. The maximum Gasteiger partial charge on any atom is 0.336 e. The van der Waals surface area contributed by atoms with E-state index in [1.54, 1.807) is 6.08 Å². The summed E-state index contributed by atoms with van der Waals surface area (Å²) in [5, 5.41) is 0. The fourth-order valence-corrected chi connectivity index (χ4v) is 4.39. The summed E-state index contributed by atoms with van der Waals surface area (Å²) in [5.74, 6) is -1.00. The van der Waals surface area contributed by atoms with Crippen LogP contribution in [0.3, 0.4) is 0 Å². The predicted molar refractivity (Wildman–Crippen MR) is 111 cm³/mol. The molecule has 1 aliphatic carbocycles. The molecule has 2 aliphatic rings. The molecule has 28 heavy (non-hydrogen) atoms. The van der Waals surface area contributed by atoms with Gasteiger partial charge in [0.1, 0.15) is 12.4 Å². The van der Waals surface area contributed by atoms with E-state index in [-0.39, 0.29) is 23.7 Å². The van der Waals surface area contributed by atoms with Crippen LogP contribution < -0.4 is 0 Å². The third-order valence-corrected chi connectivity index (χ3v) is 5.66. The lowest BCUT2D eigenvalue weighted by molar-refractivity contribution is -0.138. The van der Waals surface area contributed by atoms with Gasteiger partial charge in [-0.25, -0.2) is 4.79 Å². The SMILES string of the molecule is C=CCOC(=O)C1=C(C)N=C2CC(C)(C)CC(=O)C2[C@@H]1c1ccc(CC)cc1. The van der Waals surface area contributed by atoms with Gasteiger partial charge in [-0.1, -0.05) is 57.7 Å². The second-order valence-electron chi connectivity index (χ2n) is 8.52. The van der Waals surface area contributed by atoms with E-state index in [2.05, 4.69) is 39.5 Å². The molecule has 0 N–H and O–H groups in total. The second kappa shape index (κ2) is 7.86. The lowest BCUT2D eigenvalue weighted by Gasteiger charge is -2.41. The van der Waals surface area contributed by atoms with Crippen molar-refractivity contribution in [2.24, 2.45) is 16.3 Å². The molecule has 2 atom stereocenters. The van der Waals surface area contributed by atoms with Gasteiger partial charge in [0.15, 0.2) is 0 Å². The van der Waals surface area contributed by atoms with Gasteiger partial charge in [0, 0.05) is 23.7 Å². The molecule has 0 aromatic heterocycles. The predicted octanol–water partition coefficient (Wildman–Crippen LogP) is 4.80. The largest absolute Gasteiger partial charge is 0.458 e. The van der Waals surface area contributed by atoms with Gasteiger partial charge in [-0.05, 0) is 36.3 Å². The minimum Gasteiger partial charge on any atom is -0.458 e. The Hall–Kier alpha value is -2.49. The number of carbonyl (C=O) groups is 2. The number of fused-ring (bicyclic) bond motifs is 1. The number of ether oxygens (including phenoxy) is 1. The molecule has 1 aromatic rings. The number of aryl methyl sites for hydroxylation is 1. The van der Waals surface area contributed by atoms with Crippen molar-refractivity contribution in [3.05, 3.63) is 59.3 Å². The first-order chi connectivity index (χ1) is 13.3. The highest BCUT2D eigenvalue weighted by Gasteiger charge is 2.47. The van der Waals surface area contributed by atoms with E-state index >= 15 is 0 Å². The summed E-state index contributed by atoms with van der Waals surface area (Å²) in [7, 11) is 0. The Bertz CT molecular complexity index is 858. The van der Waals surface area contributed by atoms with Crippen molar-refractivity contribution in [1.82, 2.24) is 0 Å². The number of carbonyl (C=O) groups excluding carboxylic acids is 2. The van der Waals surface area contributed by atoms with Crippen LogP contribution in [0, 0.1) is 11.3 Å². The van der Waals surface area contributed by atoms with Gasteiger partial charge in [-0.3, -0.25) is 9.79 Å². The molecule has 0 bridgehead atoms. The number of hydrogen-bond donors (Lipinski definition) is 0. The van der Waals surface area contributed by atoms with Gasteiger partial charge in [0.25, 0.3) is 0 Å². The lowest BCUT2D eigenvalue weighted by Crippen LogP contribution is -2.44. The summed E-state index contributed by atoms with van der Waals surface area (Å²) in [4.78, 5) is 30.8. The van der Waals surface area contributed by atoms with Crippen molar-refractivity contribution in [2.45, 2.75) is 52.9 Å². The van der Waals surface area contributed by atoms with Crippen molar-refractivity contribution in [3.8, 4) is 0 Å². The number of hydrogen-bond acceptors (Lipinski definition) is 4. The first-order valence-electron chi connectivity index (χ1n) is 9.95. The van der Waals surface area contributed by atoms with E-state index in [1.807, 2.05) is 19.1 Å². The van der Waals surface area contributed by atoms with E-state index in [4.69, 9.17) is 9.73 Å². The Labute approximate surface area is 167 Å². The van der Waals surface area contributed by atoms with E-state index in [0.29, 0.717) is 17.7 Å². The summed E-state index contributed by atoms with van der Waals surface area (Å²) in [6, 6.07) is 8.21. The van der Waals surface area contributed by atoms with Crippen LogP contribution in [0.5, 0.6) is 0 Å². The minimum absolute atomic E-state index is 0.107. The average molecular weight is 380 g/mol. The van der Waals surface area contributed by atoms with E-state index in [0.717, 1.165) is 24.1 Å². The molecule has 4 heteroatoms. The molecular weight excluding hydrogens is 350 g/mol. The Balaban J connectivity index is 2.12. The number of nitrogens with zero attached hydrogens (tertiary/aromatic N) is 1. The van der Waals surface area contributed by atoms with Gasteiger partial charge in [-0.2, -0.15) is 0 Å². The standard InChI is InChI=1S/C24H29NO3/c1-6-12-28-23(27)20-15(3)25-18-13-24(4,5)14-19(26)22(18)21(20)17-10-8-16(7-2)9-11-17/h6,8-11,21-22H,1,7,12-14H2,2-5H3/t21-,22?/m1/s1. The molecular formula is C24H29NO3. The first-order valence-corrected chi connectivity index (χ1v) is 9.95. The van der Waals surface area contributed by atoms with Crippen molar-refractivity contribution in [2.75, 3.05) is 6.61 Å². The van der Waals surface area contributed by atoms with Crippen LogP contribution in [0.2, 0.25) is 0 Å². The van der Waals surface area contributed by atoms with Gasteiger partial charge in [0.2, 0.25) is 0 Å². The average Bonchev–Trinajstić information content (AvgIpc) is 2.64. The molecule has 1 aliphatic heterocycles. The Morgan fingerprint density at radius 2 is 1.93 bits per heavy atom. The maximum atomic E-state index is 13.2. The van der Waals surface area contributed by atoms with Crippen molar-refractivity contribution in [3.63, 3.8) is 0 Å². The third-order valence-electron chi connectivity index (χ3n) is 5.66. The lowest BCUT2D eigenvalue weighted by atomic mass is 9.63. The quantitative estimate of drug-likeness (QED) is 0.546. The summed E-state index contributed by atoms with van der Waals surface area (Å²) < 4.78 is 5.36. The number of rotatable bonds is 5. The summed E-state index contributed by atoms with van der Waals surface area (Å²) >= 11 is 0. The molecule has 1 heterocycles. The van der Waals surface area contributed by atoms with Crippen molar-refractivity contribution < 1.29 is 14.3 Å². The van der Waals surface area contributed by atoms with E-state index in [1.165, 1.54) is 5.56 Å². The Morgan fingerprint density at radius 1 is 1.25 bits per heavy atom. The molecule has 1 aromatic carbocycles. The number of benzene rings is 1. The van der Waals surface area contributed by atoms with Gasteiger partial charge in [0.05, 0.1) is 11.5 Å². The molecule has 3 rings (SSSR count). The maximum absolute atomic E-state index is 13.2. The van der Waals surface area contributed by atoms with Crippen LogP contribution in [-0.4, -0.2) is 24.1 Å². The molecule has 0 spiro atoms. The third kappa shape index (κ3) is 3.87. The zero-order valence-electron chi connectivity index (χ0n) is 17.2. The van der Waals surface area contributed by atoms with Crippen LogP contribution >= 0.6 is 0 Å². The second-order valence-corrected chi connectivity index (χ2v) is 8.52. The van der Waals surface area contributed by atoms with E-state index < -0.39 is 11.9 Å². The van der Waals surface area contributed by atoms with Crippen molar-refractivity contribution >= 4 is 17.5 Å². The zero-order chi connectivity index (χ0) is 20.5. The molecule has 4 nitrogen and oxygen atoms in total. The van der Waals surface area contributed by atoms with E-state index in [9.17, 15) is 9.59 Å². The molecule has 0 amide bonds. The van der Waals surface area contributed by atoms with Gasteiger partial charge >= 0.3 is 5.97 Å². The van der Waals surface area contributed by atoms with Crippen LogP contribution in [0.4, 0.5) is 0 Å². The Morgan fingerprint density at radius 3 is 2.54 bits per heavy atom. The number of ketones is 1. The molecule has 0 radical (unpaired) electrons. The fourth-order valence-electron chi connectivity index (χ4n) is 4.39. The topological polar surface area (TPSA) is 55.7 Å². The highest BCUT2D eigenvalue weighted by molar-refractivity contribution is 6.12. The zero-order valence-corrected chi connectivity index (χ0v) is 17.2. The highest BCUT2D eigenvalue weighted by Crippen LogP contribution is 2.46. The van der Waals surface area contributed by atoms with Crippen LogP contribution in [0.25, 0.3) is 0 Å².